The number of amides is 1. The number of anilines is 1. The van der Waals surface area contributed by atoms with Gasteiger partial charge in [0.2, 0.25) is 0 Å². The van der Waals surface area contributed by atoms with E-state index < -0.39 is 11.7 Å². The van der Waals surface area contributed by atoms with Crippen LogP contribution in [-0.2, 0) is 12.8 Å². The smallest absolute Gasteiger partial charge is 0.261 e. The quantitative estimate of drug-likeness (QED) is 0.914. The van der Waals surface area contributed by atoms with Crippen LogP contribution in [0.15, 0.2) is 29.2 Å². The van der Waals surface area contributed by atoms with E-state index in [1.54, 1.807) is 0 Å². The Morgan fingerprint density at radius 2 is 2.09 bits per heavy atom. The number of pyridine rings is 1. The third kappa shape index (κ3) is 2.97. The van der Waals surface area contributed by atoms with Gasteiger partial charge in [0.05, 0.1) is 12.8 Å². The molecule has 2 N–H and O–H groups in total. The summed E-state index contributed by atoms with van der Waals surface area (Å²) in [5, 5.41) is 2.44. The maximum Gasteiger partial charge on any atom is 0.261 e. The molecule has 23 heavy (non-hydrogen) atoms. The zero-order valence-corrected chi connectivity index (χ0v) is 12.7. The molecule has 5 nitrogen and oxygen atoms in total. The molecule has 0 fully saturated rings. The molecule has 120 valence electrons. The first-order valence-electron chi connectivity index (χ1n) is 7.48. The Balaban J connectivity index is 1.88. The summed E-state index contributed by atoms with van der Waals surface area (Å²) in [6.07, 6.45) is 4.87. The Bertz CT molecular complexity index is 814. The van der Waals surface area contributed by atoms with E-state index in [9.17, 15) is 14.0 Å². The summed E-state index contributed by atoms with van der Waals surface area (Å²) in [4.78, 5) is 27.8. The Hall–Kier alpha value is -2.63. The van der Waals surface area contributed by atoms with Crippen LogP contribution in [-0.4, -0.2) is 18.0 Å². The first-order valence-corrected chi connectivity index (χ1v) is 7.48. The van der Waals surface area contributed by atoms with Crippen molar-refractivity contribution in [3.8, 4) is 5.75 Å². The predicted octanol–water partition coefficient (Wildman–Crippen LogP) is 2.65. The van der Waals surface area contributed by atoms with Crippen molar-refractivity contribution in [1.29, 1.82) is 0 Å². The number of carbonyl (C=O) groups is 1. The van der Waals surface area contributed by atoms with E-state index in [1.165, 1.54) is 31.5 Å². The number of methoxy groups -OCH3 is 1. The van der Waals surface area contributed by atoms with Gasteiger partial charge < -0.3 is 15.0 Å². The molecule has 2 aromatic rings. The van der Waals surface area contributed by atoms with Crippen molar-refractivity contribution >= 4 is 11.6 Å². The first kappa shape index (κ1) is 15.3. The van der Waals surface area contributed by atoms with Crippen molar-refractivity contribution in [2.24, 2.45) is 0 Å². The third-order valence-corrected chi connectivity index (χ3v) is 4.05. The summed E-state index contributed by atoms with van der Waals surface area (Å²) in [5.41, 5.74) is 1.30. The number of hydrogen-bond acceptors (Lipinski definition) is 3. The third-order valence-electron chi connectivity index (χ3n) is 4.05. The highest BCUT2D eigenvalue weighted by Crippen LogP contribution is 2.21. The van der Waals surface area contributed by atoms with Gasteiger partial charge in [0.15, 0.2) is 5.43 Å². The van der Waals surface area contributed by atoms with Crippen molar-refractivity contribution < 1.29 is 13.9 Å². The van der Waals surface area contributed by atoms with Gasteiger partial charge >= 0.3 is 0 Å². The molecule has 1 aliphatic carbocycles. The van der Waals surface area contributed by atoms with Gasteiger partial charge in [-0.05, 0) is 37.8 Å². The highest BCUT2D eigenvalue weighted by molar-refractivity contribution is 6.04. The van der Waals surface area contributed by atoms with E-state index in [2.05, 4.69) is 10.3 Å². The maximum absolute atomic E-state index is 13.9. The lowest BCUT2D eigenvalue weighted by Gasteiger charge is -2.15. The Morgan fingerprint density at radius 3 is 2.83 bits per heavy atom. The average Bonchev–Trinajstić information content (AvgIpc) is 2.57. The number of halogens is 1. The van der Waals surface area contributed by atoms with Gasteiger partial charge in [-0.15, -0.1) is 0 Å². The van der Waals surface area contributed by atoms with Crippen LogP contribution < -0.4 is 15.5 Å². The number of benzene rings is 1. The molecule has 1 heterocycles. The molecule has 0 saturated heterocycles. The van der Waals surface area contributed by atoms with Crippen LogP contribution in [0.4, 0.5) is 10.1 Å². The van der Waals surface area contributed by atoms with Gasteiger partial charge in [0, 0.05) is 23.5 Å². The van der Waals surface area contributed by atoms with Crippen LogP contribution in [0.2, 0.25) is 0 Å². The van der Waals surface area contributed by atoms with Gasteiger partial charge in [-0.25, -0.2) is 4.39 Å². The molecule has 1 aliphatic rings. The Morgan fingerprint density at radius 1 is 1.30 bits per heavy atom. The SMILES string of the molecule is COc1ccc(NC(=O)c2c[nH]c3c(c2=O)CCCC3)c(F)c1. The fraction of sp³-hybridized carbons (Fsp3) is 0.294. The molecule has 0 saturated carbocycles. The van der Waals surface area contributed by atoms with Gasteiger partial charge in [-0.2, -0.15) is 0 Å². The minimum Gasteiger partial charge on any atom is -0.497 e. The molecule has 0 spiro atoms. The second kappa shape index (κ2) is 6.24. The molecule has 0 bridgehead atoms. The minimum atomic E-state index is -0.622. The summed E-state index contributed by atoms with van der Waals surface area (Å²) in [5.74, 6) is -0.886. The Kier molecular flexibility index (Phi) is 4.14. The average molecular weight is 316 g/mol. The molecule has 3 rings (SSSR count). The van der Waals surface area contributed by atoms with Crippen LogP contribution in [0.1, 0.15) is 34.5 Å². The summed E-state index contributed by atoms with van der Waals surface area (Å²) >= 11 is 0. The van der Waals surface area contributed by atoms with E-state index >= 15 is 0 Å². The number of aromatic nitrogens is 1. The van der Waals surface area contributed by atoms with Crippen molar-refractivity contribution in [1.82, 2.24) is 4.98 Å². The Labute approximate surface area is 132 Å². The van der Waals surface area contributed by atoms with Crippen molar-refractivity contribution in [2.75, 3.05) is 12.4 Å². The van der Waals surface area contributed by atoms with Gasteiger partial charge in [0.1, 0.15) is 17.1 Å². The molecule has 0 atom stereocenters. The number of aryl methyl sites for hydroxylation is 1. The van der Waals surface area contributed by atoms with Crippen LogP contribution in [0.3, 0.4) is 0 Å². The zero-order chi connectivity index (χ0) is 16.4. The summed E-state index contributed by atoms with van der Waals surface area (Å²) in [7, 11) is 1.43. The molecule has 0 radical (unpaired) electrons. The summed E-state index contributed by atoms with van der Waals surface area (Å²) in [6.45, 7) is 0. The van der Waals surface area contributed by atoms with Crippen LogP contribution in [0.25, 0.3) is 0 Å². The molecule has 1 aromatic heterocycles. The van der Waals surface area contributed by atoms with Crippen LogP contribution in [0.5, 0.6) is 5.75 Å². The number of nitrogens with one attached hydrogen (secondary N) is 2. The van der Waals surface area contributed by atoms with E-state index in [0.717, 1.165) is 25.0 Å². The number of aromatic amines is 1. The summed E-state index contributed by atoms with van der Waals surface area (Å²) < 4.78 is 18.8. The standard InChI is InChI=1S/C17H17FN2O3/c1-23-10-6-7-15(13(18)8-10)20-17(22)12-9-19-14-5-3-2-4-11(14)16(12)21/h6-9H,2-5H2,1H3,(H,19,21)(H,20,22). The molecule has 1 amide bonds. The second-order valence-corrected chi connectivity index (χ2v) is 5.50. The number of carbonyl (C=O) groups excluding carboxylic acids is 1. The first-order chi connectivity index (χ1) is 11.1. The number of hydrogen-bond donors (Lipinski definition) is 2. The van der Waals surface area contributed by atoms with E-state index in [-0.39, 0.29) is 16.7 Å². The maximum atomic E-state index is 13.9. The van der Waals surface area contributed by atoms with Gasteiger partial charge in [-0.3, -0.25) is 9.59 Å². The van der Waals surface area contributed by atoms with E-state index in [4.69, 9.17) is 4.74 Å². The van der Waals surface area contributed by atoms with Crippen molar-refractivity contribution in [3.63, 3.8) is 0 Å². The van der Waals surface area contributed by atoms with Gasteiger partial charge in [0.25, 0.3) is 5.91 Å². The molecular weight excluding hydrogens is 299 g/mol. The lowest BCUT2D eigenvalue weighted by molar-refractivity contribution is 0.102. The van der Waals surface area contributed by atoms with Crippen LogP contribution >= 0.6 is 0 Å². The van der Waals surface area contributed by atoms with Crippen LogP contribution in [0, 0.1) is 5.82 Å². The highest BCUT2D eigenvalue weighted by Gasteiger charge is 2.19. The number of H-pyrrole nitrogens is 1. The minimum absolute atomic E-state index is 0.000804. The zero-order valence-electron chi connectivity index (χ0n) is 12.7. The van der Waals surface area contributed by atoms with Crippen molar-refractivity contribution in [2.45, 2.75) is 25.7 Å². The van der Waals surface area contributed by atoms with E-state index in [1.807, 2.05) is 0 Å². The molecule has 1 aromatic carbocycles. The molecule has 6 heteroatoms. The predicted molar refractivity (Wildman–Crippen MR) is 84.6 cm³/mol. The van der Waals surface area contributed by atoms with Crippen molar-refractivity contribution in [3.05, 3.63) is 57.3 Å². The molecular formula is C17H17FN2O3. The van der Waals surface area contributed by atoms with Gasteiger partial charge in [-0.1, -0.05) is 0 Å². The van der Waals surface area contributed by atoms with E-state index in [0.29, 0.717) is 17.7 Å². The number of ether oxygens (including phenoxy) is 1. The summed E-state index contributed by atoms with van der Waals surface area (Å²) in [6, 6.07) is 4.11. The number of rotatable bonds is 3. The highest BCUT2D eigenvalue weighted by atomic mass is 19.1. The number of fused-ring (bicyclic) bond motifs is 1. The fourth-order valence-electron chi connectivity index (χ4n) is 2.79. The monoisotopic (exact) mass is 316 g/mol. The lowest BCUT2D eigenvalue weighted by Crippen LogP contribution is -2.27. The lowest BCUT2D eigenvalue weighted by atomic mass is 9.94. The normalized spacial score (nSPS) is 13.3. The fourth-order valence-corrected chi connectivity index (χ4v) is 2.79. The second-order valence-electron chi connectivity index (χ2n) is 5.50. The topological polar surface area (TPSA) is 71.2 Å². The largest absolute Gasteiger partial charge is 0.497 e. The molecule has 0 aliphatic heterocycles. The molecule has 0 unspecified atom stereocenters.